The molecule has 1 fully saturated rings. The molecule has 1 aromatic heterocycles. The van der Waals surface area contributed by atoms with Gasteiger partial charge in [-0.3, -0.25) is 4.79 Å². The fourth-order valence-electron chi connectivity index (χ4n) is 4.14. The molecular weight excluding hydrogens is 386 g/mol. The first kappa shape index (κ1) is 18.4. The van der Waals surface area contributed by atoms with Gasteiger partial charge in [-0.15, -0.1) is 11.3 Å². The van der Waals surface area contributed by atoms with Gasteiger partial charge in [0.2, 0.25) is 6.79 Å². The van der Waals surface area contributed by atoms with E-state index in [4.69, 9.17) is 14.5 Å². The van der Waals surface area contributed by atoms with Gasteiger partial charge in [-0.2, -0.15) is 0 Å². The average molecular weight is 411 g/mol. The third-order valence-electron chi connectivity index (χ3n) is 5.93. The zero-order chi connectivity index (χ0) is 19.8. The Morgan fingerprint density at radius 1 is 1.17 bits per heavy atom. The number of carbonyl (C=O) groups is 1. The van der Waals surface area contributed by atoms with E-state index in [-0.39, 0.29) is 18.7 Å². The number of carbonyl (C=O) groups excluding carboxylic acids is 1. The maximum atomic E-state index is 12.8. The van der Waals surface area contributed by atoms with E-state index in [1.165, 1.54) is 14.6 Å². The zero-order valence-electron chi connectivity index (χ0n) is 16.3. The second kappa shape index (κ2) is 7.65. The summed E-state index contributed by atoms with van der Waals surface area (Å²) in [5.74, 6) is 1.94. The van der Waals surface area contributed by atoms with Gasteiger partial charge >= 0.3 is 0 Å². The van der Waals surface area contributed by atoms with Gasteiger partial charge in [0.1, 0.15) is 0 Å². The second-order valence-electron chi connectivity index (χ2n) is 7.73. The Bertz CT molecular complexity index is 1010. The summed E-state index contributed by atoms with van der Waals surface area (Å²) in [6, 6.07) is 13.7. The van der Waals surface area contributed by atoms with Crippen LogP contribution in [0.5, 0.6) is 11.5 Å². The highest BCUT2D eigenvalue weighted by Crippen LogP contribution is 2.34. The molecule has 0 radical (unpaired) electrons. The molecule has 6 nitrogen and oxygen atoms in total. The first-order valence-corrected chi connectivity index (χ1v) is 10.9. The number of nitrogens with zero attached hydrogens (tertiary/aromatic N) is 1. The van der Waals surface area contributed by atoms with Crippen molar-refractivity contribution < 1.29 is 19.2 Å². The molecule has 29 heavy (non-hydrogen) atoms. The van der Waals surface area contributed by atoms with Gasteiger partial charge in [-0.25, -0.2) is 4.98 Å². The molecule has 3 aromatic rings. The molecular formula is C22H24N3O3S+. The van der Waals surface area contributed by atoms with Gasteiger partial charge in [-0.1, -0.05) is 12.1 Å². The summed E-state index contributed by atoms with van der Waals surface area (Å²) in [4.78, 5) is 18.9. The van der Waals surface area contributed by atoms with Crippen molar-refractivity contribution in [1.29, 1.82) is 0 Å². The normalized spacial score (nSPS) is 21.8. The summed E-state index contributed by atoms with van der Waals surface area (Å²) >= 11 is 1.81. The van der Waals surface area contributed by atoms with E-state index < -0.39 is 0 Å². The molecule has 0 saturated carbocycles. The smallest absolute Gasteiger partial charge is 0.282 e. The minimum absolute atomic E-state index is 0.0392. The van der Waals surface area contributed by atoms with Gasteiger partial charge in [0.25, 0.3) is 5.91 Å². The van der Waals surface area contributed by atoms with E-state index >= 15 is 0 Å². The predicted molar refractivity (Wildman–Crippen MR) is 113 cm³/mol. The van der Waals surface area contributed by atoms with Gasteiger partial charge in [-0.05, 0) is 31.2 Å². The molecule has 1 atom stereocenters. The van der Waals surface area contributed by atoms with Gasteiger partial charge in [0, 0.05) is 30.5 Å². The van der Waals surface area contributed by atoms with E-state index in [1.54, 1.807) is 0 Å². The standard InChI is InChI=1S/C22H23N3O3S/c1-14(21(26)23-16-6-7-18-19(12-16)28-13-27-18)25-10-8-15(9-11-25)22-24-17-4-2-3-5-20(17)29-22/h2-7,12,14-15H,8-11,13H2,1H3,(H,23,26)/p+1/t14-/m1/s1. The number of aromatic nitrogens is 1. The zero-order valence-corrected chi connectivity index (χ0v) is 17.1. The lowest BCUT2D eigenvalue weighted by Gasteiger charge is -2.31. The molecule has 1 saturated heterocycles. The third-order valence-corrected chi connectivity index (χ3v) is 7.13. The molecule has 1 amide bonds. The molecule has 0 spiro atoms. The number of nitrogens with one attached hydrogen (secondary N) is 2. The van der Waals surface area contributed by atoms with E-state index in [1.807, 2.05) is 42.5 Å². The molecule has 2 N–H and O–H groups in total. The van der Waals surface area contributed by atoms with Gasteiger partial charge in [0.05, 0.1) is 28.3 Å². The number of para-hydroxylation sites is 1. The molecule has 150 valence electrons. The number of benzene rings is 2. The molecule has 2 aliphatic rings. The summed E-state index contributed by atoms with van der Waals surface area (Å²) in [6.07, 6.45) is 2.13. The Kier molecular flexibility index (Phi) is 4.85. The van der Waals surface area contributed by atoms with Crippen LogP contribution < -0.4 is 19.7 Å². The first-order valence-electron chi connectivity index (χ1n) is 10.1. The van der Waals surface area contributed by atoms with Crippen LogP contribution in [0.2, 0.25) is 0 Å². The Morgan fingerprint density at radius 3 is 2.79 bits per heavy atom. The summed E-state index contributed by atoms with van der Waals surface area (Å²) in [5, 5.41) is 4.26. The maximum Gasteiger partial charge on any atom is 0.282 e. The average Bonchev–Trinajstić information content (AvgIpc) is 3.39. The fraction of sp³-hybridized carbons (Fsp3) is 0.364. The molecule has 0 bridgehead atoms. The highest BCUT2D eigenvalue weighted by molar-refractivity contribution is 7.18. The van der Waals surface area contributed by atoms with Crippen molar-refractivity contribution in [1.82, 2.24) is 4.98 Å². The highest BCUT2D eigenvalue weighted by Gasteiger charge is 2.32. The van der Waals surface area contributed by atoms with Crippen molar-refractivity contribution >= 4 is 33.1 Å². The van der Waals surface area contributed by atoms with Crippen LogP contribution >= 0.6 is 11.3 Å². The Balaban J connectivity index is 1.19. The van der Waals surface area contributed by atoms with Crippen LogP contribution in [0.1, 0.15) is 30.7 Å². The quantitative estimate of drug-likeness (QED) is 0.694. The summed E-state index contributed by atoms with van der Waals surface area (Å²) in [6.45, 7) is 4.21. The van der Waals surface area contributed by atoms with Crippen LogP contribution in [-0.2, 0) is 4.79 Å². The van der Waals surface area contributed by atoms with Crippen LogP contribution in [-0.4, -0.2) is 36.8 Å². The van der Waals surface area contributed by atoms with Gasteiger partial charge in [0.15, 0.2) is 17.5 Å². The topological polar surface area (TPSA) is 64.9 Å². The molecule has 0 unspecified atom stereocenters. The predicted octanol–water partition coefficient (Wildman–Crippen LogP) is 2.81. The molecule has 3 heterocycles. The number of piperidine rings is 1. The number of likely N-dealkylation sites (tertiary alicyclic amines) is 1. The van der Waals surface area contributed by atoms with Crippen molar-refractivity contribution in [2.24, 2.45) is 0 Å². The summed E-state index contributed by atoms with van der Waals surface area (Å²) in [7, 11) is 0. The molecule has 2 aromatic carbocycles. The molecule has 5 rings (SSSR count). The van der Waals surface area contributed by atoms with Crippen LogP contribution in [0, 0.1) is 0 Å². The lowest BCUT2D eigenvalue weighted by molar-refractivity contribution is -0.919. The number of rotatable bonds is 4. The van der Waals surface area contributed by atoms with Crippen molar-refractivity contribution in [2.75, 3.05) is 25.2 Å². The maximum absolute atomic E-state index is 12.8. The molecule has 7 heteroatoms. The van der Waals surface area contributed by atoms with E-state index in [0.717, 1.165) is 42.9 Å². The monoisotopic (exact) mass is 410 g/mol. The summed E-state index contributed by atoms with van der Waals surface area (Å²) in [5.41, 5.74) is 1.84. The second-order valence-corrected chi connectivity index (χ2v) is 8.79. The van der Waals surface area contributed by atoms with E-state index in [0.29, 0.717) is 11.7 Å². The molecule has 2 aliphatic heterocycles. The van der Waals surface area contributed by atoms with Crippen molar-refractivity contribution in [3.8, 4) is 11.5 Å². The van der Waals surface area contributed by atoms with Crippen molar-refractivity contribution in [3.63, 3.8) is 0 Å². The van der Waals surface area contributed by atoms with Crippen LogP contribution in [0.15, 0.2) is 42.5 Å². The number of quaternary nitrogens is 1. The number of thiazole rings is 1. The largest absolute Gasteiger partial charge is 0.454 e. The fourth-order valence-corrected chi connectivity index (χ4v) is 5.28. The number of ether oxygens (including phenoxy) is 2. The minimum atomic E-state index is -0.100. The third kappa shape index (κ3) is 3.68. The van der Waals surface area contributed by atoms with Crippen LogP contribution in [0.4, 0.5) is 5.69 Å². The Labute approximate surface area is 173 Å². The van der Waals surface area contributed by atoms with E-state index in [9.17, 15) is 4.79 Å². The number of hydrogen-bond donors (Lipinski definition) is 2. The number of anilines is 1. The first-order chi connectivity index (χ1) is 14.2. The summed E-state index contributed by atoms with van der Waals surface area (Å²) < 4.78 is 12.0. The highest BCUT2D eigenvalue weighted by atomic mass is 32.1. The SMILES string of the molecule is C[C@H](C(=O)Nc1ccc2c(c1)OCO2)[NH+]1CCC(c2nc3ccccc3s2)CC1. The van der Waals surface area contributed by atoms with E-state index in [2.05, 4.69) is 23.5 Å². The lowest BCUT2D eigenvalue weighted by atomic mass is 9.96. The van der Waals surface area contributed by atoms with Crippen molar-refractivity contribution in [2.45, 2.75) is 31.7 Å². The lowest BCUT2D eigenvalue weighted by Crippen LogP contribution is -3.17. The van der Waals surface area contributed by atoms with Crippen LogP contribution in [0.25, 0.3) is 10.2 Å². The Morgan fingerprint density at radius 2 is 1.97 bits per heavy atom. The Hall–Kier alpha value is -2.64. The minimum Gasteiger partial charge on any atom is -0.454 e. The number of fused-ring (bicyclic) bond motifs is 2. The van der Waals surface area contributed by atoms with Crippen molar-refractivity contribution in [3.05, 3.63) is 47.5 Å². The molecule has 0 aliphatic carbocycles. The number of amides is 1. The van der Waals surface area contributed by atoms with Gasteiger partial charge < -0.3 is 19.7 Å². The number of hydrogen-bond acceptors (Lipinski definition) is 5. The van der Waals surface area contributed by atoms with Crippen LogP contribution in [0.3, 0.4) is 0 Å².